The summed E-state index contributed by atoms with van der Waals surface area (Å²) in [4.78, 5) is 23.6. The number of carbonyl (C=O) groups excluding carboxylic acids is 2. The van der Waals surface area contributed by atoms with E-state index in [0.717, 1.165) is 17.7 Å². The van der Waals surface area contributed by atoms with Gasteiger partial charge in [0.15, 0.2) is 0 Å². The van der Waals surface area contributed by atoms with Gasteiger partial charge >= 0.3 is 12.1 Å². The summed E-state index contributed by atoms with van der Waals surface area (Å²) in [5, 5.41) is 0. The van der Waals surface area contributed by atoms with Crippen LogP contribution in [0.4, 0.5) is 13.2 Å². The summed E-state index contributed by atoms with van der Waals surface area (Å²) in [7, 11) is 0. The van der Waals surface area contributed by atoms with E-state index >= 15 is 0 Å². The summed E-state index contributed by atoms with van der Waals surface area (Å²) in [5.41, 5.74) is 0. The lowest BCUT2D eigenvalue weighted by Gasteiger charge is -2.30. The lowest BCUT2D eigenvalue weighted by atomic mass is 10.0. The van der Waals surface area contributed by atoms with E-state index in [0.29, 0.717) is 12.8 Å². The van der Waals surface area contributed by atoms with Crippen molar-refractivity contribution in [3.05, 3.63) is 0 Å². The maximum Gasteiger partial charge on any atom is 0.471 e. The Labute approximate surface area is 104 Å². The molecule has 6 heteroatoms. The SMILES string of the molecule is CCCCC1CC(=O)CCCN1C(=O)C(F)(F)F. The lowest BCUT2D eigenvalue weighted by Crippen LogP contribution is -2.47. The second-order valence-corrected chi connectivity index (χ2v) is 4.64. The largest absolute Gasteiger partial charge is 0.471 e. The number of halogens is 3. The van der Waals surface area contributed by atoms with E-state index < -0.39 is 18.1 Å². The molecule has 3 nitrogen and oxygen atoms in total. The Hall–Kier alpha value is -1.07. The van der Waals surface area contributed by atoms with Crippen molar-refractivity contribution >= 4 is 11.7 Å². The summed E-state index contributed by atoms with van der Waals surface area (Å²) in [6.07, 6.45) is -2.18. The Bertz CT molecular complexity index is 315. The number of ketones is 1. The molecule has 1 fully saturated rings. The van der Waals surface area contributed by atoms with E-state index in [2.05, 4.69) is 0 Å². The van der Waals surface area contributed by atoms with Crippen LogP contribution in [0.25, 0.3) is 0 Å². The van der Waals surface area contributed by atoms with E-state index in [1.807, 2.05) is 6.92 Å². The molecule has 0 aromatic rings. The van der Waals surface area contributed by atoms with Crippen molar-refractivity contribution in [1.29, 1.82) is 0 Å². The maximum absolute atomic E-state index is 12.5. The number of hydrogen-bond acceptors (Lipinski definition) is 2. The summed E-state index contributed by atoms with van der Waals surface area (Å²) < 4.78 is 37.4. The monoisotopic (exact) mass is 265 g/mol. The Morgan fingerprint density at radius 3 is 2.67 bits per heavy atom. The van der Waals surface area contributed by atoms with Crippen LogP contribution in [-0.2, 0) is 9.59 Å². The minimum Gasteiger partial charge on any atom is -0.331 e. The number of hydrogen-bond donors (Lipinski definition) is 0. The molecule has 18 heavy (non-hydrogen) atoms. The molecule has 0 bridgehead atoms. The van der Waals surface area contributed by atoms with Crippen molar-refractivity contribution in [2.45, 2.75) is 57.7 Å². The molecule has 1 rings (SSSR count). The van der Waals surface area contributed by atoms with Crippen LogP contribution in [0.2, 0.25) is 0 Å². The number of unbranched alkanes of at least 4 members (excludes halogenated alkanes) is 1. The standard InChI is InChI=1S/C12H18F3NO2/c1-2-3-5-9-8-10(17)6-4-7-16(9)11(18)12(13,14)15/h9H,2-8H2,1H3. The van der Waals surface area contributed by atoms with Gasteiger partial charge in [-0.2, -0.15) is 13.2 Å². The molecule has 0 aliphatic carbocycles. The van der Waals surface area contributed by atoms with Crippen LogP contribution >= 0.6 is 0 Å². The highest BCUT2D eigenvalue weighted by molar-refractivity contribution is 5.84. The summed E-state index contributed by atoms with van der Waals surface area (Å²) >= 11 is 0. The van der Waals surface area contributed by atoms with E-state index in [1.54, 1.807) is 0 Å². The highest BCUT2D eigenvalue weighted by atomic mass is 19.4. The molecule has 0 saturated carbocycles. The van der Waals surface area contributed by atoms with Crippen LogP contribution < -0.4 is 0 Å². The van der Waals surface area contributed by atoms with E-state index in [9.17, 15) is 22.8 Å². The normalized spacial score (nSPS) is 21.9. The first-order valence-electron chi connectivity index (χ1n) is 6.25. The van der Waals surface area contributed by atoms with Crippen molar-refractivity contribution in [3.63, 3.8) is 0 Å². The molecule has 1 unspecified atom stereocenters. The molecule has 1 amide bonds. The van der Waals surface area contributed by atoms with E-state index in [-0.39, 0.29) is 25.2 Å². The molecule has 1 aliphatic rings. The van der Waals surface area contributed by atoms with Crippen molar-refractivity contribution in [3.8, 4) is 0 Å². The zero-order chi connectivity index (χ0) is 13.8. The van der Waals surface area contributed by atoms with Crippen LogP contribution in [0.1, 0.15) is 45.4 Å². The van der Waals surface area contributed by atoms with Gasteiger partial charge in [0.05, 0.1) is 0 Å². The van der Waals surface area contributed by atoms with Gasteiger partial charge in [0.25, 0.3) is 0 Å². The number of amides is 1. The van der Waals surface area contributed by atoms with Crippen LogP contribution in [0.5, 0.6) is 0 Å². The van der Waals surface area contributed by atoms with E-state index in [4.69, 9.17) is 0 Å². The Balaban J connectivity index is 2.81. The predicted octanol–water partition coefficient (Wildman–Crippen LogP) is 2.69. The summed E-state index contributed by atoms with van der Waals surface area (Å²) in [5.74, 6) is -1.85. The molecule has 1 atom stereocenters. The van der Waals surface area contributed by atoms with Gasteiger partial charge in [0, 0.05) is 25.4 Å². The first-order chi connectivity index (χ1) is 8.36. The predicted molar refractivity (Wildman–Crippen MR) is 59.9 cm³/mol. The molecular weight excluding hydrogens is 247 g/mol. The third kappa shape index (κ3) is 3.99. The van der Waals surface area contributed by atoms with Gasteiger partial charge in [-0.1, -0.05) is 19.8 Å². The number of nitrogens with zero attached hydrogens (tertiary/aromatic N) is 1. The van der Waals surface area contributed by atoms with Gasteiger partial charge in [-0.3, -0.25) is 9.59 Å². The van der Waals surface area contributed by atoms with Crippen molar-refractivity contribution in [1.82, 2.24) is 4.90 Å². The Kier molecular flexibility index (Phi) is 5.16. The topological polar surface area (TPSA) is 37.4 Å². The second kappa shape index (κ2) is 6.20. The van der Waals surface area contributed by atoms with E-state index in [1.165, 1.54) is 0 Å². The van der Waals surface area contributed by atoms with Crippen LogP contribution in [0.3, 0.4) is 0 Å². The highest BCUT2D eigenvalue weighted by Crippen LogP contribution is 2.25. The van der Waals surface area contributed by atoms with Crippen molar-refractivity contribution in [2.75, 3.05) is 6.54 Å². The number of alkyl halides is 3. The molecule has 0 aromatic heterocycles. The minimum atomic E-state index is -4.85. The summed E-state index contributed by atoms with van der Waals surface area (Å²) in [6.45, 7) is 1.95. The molecular formula is C12H18F3NO2. The lowest BCUT2D eigenvalue weighted by molar-refractivity contribution is -0.188. The summed E-state index contributed by atoms with van der Waals surface area (Å²) in [6, 6.07) is -0.589. The number of Topliss-reactive ketones (excluding diaryl/α,β-unsaturated/α-hetero) is 1. The molecule has 0 radical (unpaired) electrons. The zero-order valence-corrected chi connectivity index (χ0v) is 10.4. The number of rotatable bonds is 3. The van der Waals surface area contributed by atoms with Gasteiger partial charge in [-0.25, -0.2) is 0 Å². The third-order valence-electron chi connectivity index (χ3n) is 3.15. The van der Waals surface area contributed by atoms with Gasteiger partial charge in [-0.15, -0.1) is 0 Å². The maximum atomic E-state index is 12.5. The average Bonchev–Trinajstić information content (AvgIpc) is 2.45. The molecule has 0 N–H and O–H groups in total. The first-order valence-corrected chi connectivity index (χ1v) is 6.25. The quantitative estimate of drug-likeness (QED) is 0.786. The van der Waals surface area contributed by atoms with Gasteiger partial charge < -0.3 is 4.90 Å². The molecule has 1 saturated heterocycles. The molecule has 0 spiro atoms. The number of carbonyl (C=O) groups is 2. The molecule has 1 aliphatic heterocycles. The first kappa shape index (κ1) is 15.0. The number of likely N-dealkylation sites (tertiary alicyclic amines) is 1. The van der Waals surface area contributed by atoms with Crippen LogP contribution in [0, 0.1) is 0 Å². The second-order valence-electron chi connectivity index (χ2n) is 4.64. The highest BCUT2D eigenvalue weighted by Gasteiger charge is 2.45. The molecule has 0 aromatic carbocycles. The fraction of sp³-hybridized carbons (Fsp3) is 0.833. The van der Waals surface area contributed by atoms with Crippen LogP contribution in [-0.4, -0.2) is 35.4 Å². The third-order valence-corrected chi connectivity index (χ3v) is 3.15. The average molecular weight is 265 g/mol. The van der Waals surface area contributed by atoms with Crippen LogP contribution in [0.15, 0.2) is 0 Å². The fourth-order valence-corrected chi connectivity index (χ4v) is 2.23. The minimum absolute atomic E-state index is 0.0263. The molecule has 1 heterocycles. The van der Waals surface area contributed by atoms with Gasteiger partial charge in [0.2, 0.25) is 0 Å². The van der Waals surface area contributed by atoms with Crippen molar-refractivity contribution < 1.29 is 22.8 Å². The zero-order valence-electron chi connectivity index (χ0n) is 10.4. The Morgan fingerprint density at radius 2 is 2.11 bits per heavy atom. The van der Waals surface area contributed by atoms with Crippen molar-refractivity contribution in [2.24, 2.45) is 0 Å². The fourth-order valence-electron chi connectivity index (χ4n) is 2.23. The smallest absolute Gasteiger partial charge is 0.331 e. The Morgan fingerprint density at radius 1 is 1.44 bits per heavy atom. The van der Waals surface area contributed by atoms with Gasteiger partial charge in [0.1, 0.15) is 5.78 Å². The molecule has 104 valence electrons. The van der Waals surface area contributed by atoms with Gasteiger partial charge in [-0.05, 0) is 12.8 Å².